The molecule has 1 rings (SSSR count). The lowest BCUT2D eigenvalue weighted by molar-refractivity contribution is -0.204. The molecule has 22 heavy (non-hydrogen) atoms. The molecule has 1 heterocycles. The van der Waals surface area contributed by atoms with Gasteiger partial charge < -0.3 is 14.4 Å². The molecule has 0 spiro atoms. The minimum Gasteiger partial charge on any atom is -0.467 e. The number of likely N-dealkylation sites (tertiary alicyclic amines) is 1. The molecule has 6 nitrogen and oxygen atoms in total. The van der Waals surface area contributed by atoms with Crippen LogP contribution in [-0.2, 0) is 23.9 Å². The van der Waals surface area contributed by atoms with Crippen LogP contribution in [0.15, 0.2) is 0 Å². The molecule has 0 radical (unpaired) electrons. The van der Waals surface area contributed by atoms with Crippen molar-refractivity contribution >= 4 is 17.8 Å². The fourth-order valence-electron chi connectivity index (χ4n) is 1.85. The number of esters is 2. The van der Waals surface area contributed by atoms with Crippen LogP contribution in [0.4, 0.5) is 26.3 Å². The van der Waals surface area contributed by atoms with Gasteiger partial charge in [0, 0.05) is 6.42 Å². The van der Waals surface area contributed by atoms with Crippen LogP contribution in [0.1, 0.15) is 6.42 Å². The van der Waals surface area contributed by atoms with Gasteiger partial charge in [0.2, 0.25) is 0 Å². The van der Waals surface area contributed by atoms with Crippen LogP contribution in [0.2, 0.25) is 0 Å². The molecule has 0 aliphatic carbocycles. The summed E-state index contributed by atoms with van der Waals surface area (Å²) in [6.07, 6.45) is -13.1. The highest BCUT2D eigenvalue weighted by Gasteiger charge is 2.52. The number of ether oxygens (including phenoxy) is 2. The van der Waals surface area contributed by atoms with Gasteiger partial charge in [-0.1, -0.05) is 0 Å². The molecule has 1 saturated heterocycles. The minimum absolute atomic E-state index is 0.0276. The lowest BCUT2D eigenvalue weighted by Gasteiger charge is -2.23. The largest absolute Gasteiger partial charge is 0.490 e. The predicted octanol–water partition coefficient (Wildman–Crippen LogP) is 0.797. The summed E-state index contributed by atoms with van der Waals surface area (Å²) in [6.45, 7) is -1.00. The predicted molar refractivity (Wildman–Crippen MR) is 54.1 cm³/mol. The number of carbonyl (C=O) groups excluding carboxylic acids is 3. The highest BCUT2D eigenvalue weighted by Crippen LogP contribution is 2.29. The second-order valence-corrected chi connectivity index (χ2v) is 4.26. The van der Waals surface area contributed by atoms with E-state index in [0.29, 0.717) is 0 Å². The van der Waals surface area contributed by atoms with Crippen LogP contribution in [0.25, 0.3) is 0 Å². The van der Waals surface area contributed by atoms with E-state index in [1.54, 1.807) is 0 Å². The summed E-state index contributed by atoms with van der Waals surface area (Å²) in [5.74, 6) is -6.32. The van der Waals surface area contributed by atoms with Crippen molar-refractivity contribution in [2.24, 2.45) is 0 Å². The fraction of sp³-hybridized carbons (Fsp3) is 0.700. The number of rotatable bonds is 2. The Morgan fingerprint density at radius 1 is 1.05 bits per heavy atom. The van der Waals surface area contributed by atoms with Crippen molar-refractivity contribution in [2.75, 3.05) is 13.7 Å². The zero-order valence-corrected chi connectivity index (χ0v) is 10.8. The van der Waals surface area contributed by atoms with Crippen LogP contribution in [0.3, 0.4) is 0 Å². The number of carbonyl (C=O) groups is 3. The van der Waals surface area contributed by atoms with Gasteiger partial charge in [-0.2, -0.15) is 26.3 Å². The van der Waals surface area contributed by atoms with Gasteiger partial charge in [0.25, 0.3) is 0 Å². The molecule has 0 aromatic rings. The van der Waals surface area contributed by atoms with E-state index in [1.807, 2.05) is 0 Å². The lowest BCUT2D eigenvalue weighted by atomic mass is 10.2. The third-order valence-electron chi connectivity index (χ3n) is 2.74. The summed E-state index contributed by atoms with van der Waals surface area (Å²) >= 11 is 0. The van der Waals surface area contributed by atoms with Crippen LogP contribution in [-0.4, -0.2) is 60.9 Å². The SMILES string of the molecule is COC(=O)C1CC(OC(=O)C(F)(F)F)CN1C(=O)C(F)(F)F. The first-order valence-electron chi connectivity index (χ1n) is 5.61. The number of hydrogen-bond donors (Lipinski definition) is 0. The van der Waals surface area contributed by atoms with Crippen molar-refractivity contribution in [3.63, 3.8) is 0 Å². The van der Waals surface area contributed by atoms with E-state index in [1.165, 1.54) is 0 Å². The summed E-state index contributed by atoms with van der Waals surface area (Å²) in [5.41, 5.74) is 0. The number of alkyl halides is 6. The second-order valence-electron chi connectivity index (χ2n) is 4.26. The molecule has 1 aliphatic rings. The Bertz CT molecular complexity index is 473. The fourth-order valence-corrected chi connectivity index (χ4v) is 1.85. The molecule has 0 N–H and O–H groups in total. The summed E-state index contributed by atoms with van der Waals surface area (Å²) < 4.78 is 81.4. The highest BCUT2D eigenvalue weighted by molar-refractivity contribution is 5.88. The van der Waals surface area contributed by atoms with Gasteiger partial charge in [0.05, 0.1) is 13.7 Å². The third-order valence-corrected chi connectivity index (χ3v) is 2.74. The van der Waals surface area contributed by atoms with E-state index in [2.05, 4.69) is 9.47 Å². The normalized spacial score (nSPS) is 22.4. The zero-order chi connectivity index (χ0) is 17.3. The standard InChI is InChI=1S/C10H9F6NO5/c1-21-6(18)5-2-4(22-8(20)10(14,15)16)3-17(5)7(19)9(11,12)13/h4-5H,2-3H2,1H3. The molecule has 1 fully saturated rings. The van der Waals surface area contributed by atoms with Crippen molar-refractivity contribution < 1.29 is 50.2 Å². The Kier molecular flexibility index (Phi) is 4.92. The smallest absolute Gasteiger partial charge is 0.467 e. The van der Waals surface area contributed by atoms with Gasteiger partial charge in [-0.15, -0.1) is 0 Å². The summed E-state index contributed by atoms with van der Waals surface area (Å²) in [5, 5.41) is 0. The Morgan fingerprint density at radius 2 is 1.59 bits per heavy atom. The molecular formula is C10H9F6NO5. The maximum atomic E-state index is 12.4. The summed E-state index contributed by atoms with van der Waals surface area (Å²) in [4.78, 5) is 33.1. The van der Waals surface area contributed by atoms with Gasteiger partial charge in [-0.25, -0.2) is 9.59 Å². The number of hydrogen-bond acceptors (Lipinski definition) is 5. The van der Waals surface area contributed by atoms with Crippen molar-refractivity contribution in [1.29, 1.82) is 0 Å². The molecule has 0 aromatic carbocycles. The van der Waals surface area contributed by atoms with Gasteiger partial charge in [-0.05, 0) is 0 Å². The lowest BCUT2D eigenvalue weighted by Crippen LogP contribution is -2.47. The van der Waals surface area contributed by atoms with Crippen molar-refractivity contribution in [2.45, 2.75) is 30.9 Å². The minimum atomic E-state index is -5.35. The maximum Gasteiger partial charge on any atom is 0.490 e. The molecule has 0 saturated carbocycles. The van der Waals surface area contributed by atoms with Crippen molar-refractivity contribution in [3.8, 4) is 0 Å². The van der Waals surface area contributed by atoms with E-state index in [4.69, 9.17) is 0 Å². The van der Waals surface area contributed by atoms with Gasteiger partial charge in [0.1, 0.15) is 12.1 Å². The number of amides is 1. The molecular weight excluding hydrogens is 328 g/mol. The number of nitrogens with zero attached hydrogens (tertiary/aromatic N) is 1. The van der Waals surface area contributed by atoms with Crippen molar-refractivity contribution in [3.05, 3.63) is 0 Å². The first-order chi connectivity index (χ1) is 9.87. The van der Waals surface area contributed by atoms with Gasteiger partial charge in [-0.3, -0.25) is 4.79 Å². The van der Waals surface area contributed by atoms with Crippen LogP contribution in [0.5, 0.6) is 0 Å². The first-order valence-corrected chi connectivity index (χ1v) is 5.61. The van der Waals surface area contributed by atoms with E-state index in [-0.39, 0.29) is 4.90 Å². The molecule has 1 aliphatic heterocycles. The van der Waals surface area contributed by atoms with E-state index < -0.39 is 55.3 Å². The van der Waals surface area contributed by atoms with Crippen molar-refractivity contribution in [1.82, 2.24) is 4.90 Å². The molecule has 0 aromatic heterocycles. The van der Waals surface area contributed by atoms with Gasteiger partial charge in [0.15, 0.2) is 0 Å². The summed E-state index contributed by atoms with van der Waals surface area (Å²) in [6, 6.07) is -1.79. The van der Waals surface area contributed by atoms with Gasteiger partial charge >= 0.3 is 30.2 Å². The quantitative estimate of drug-likeness (QED) is 0.550. The summed E-state index contributed by atoms with van der Waals surface area (Å²) in [7, 11) is 0.827. The molecule has 126 valence electrons. The first kappa shape index (κ1) is 18.0. The molecule has 1 amide bonds. The Hall–Kier alpha value is -2.01. The number of halogens is 6. The van der Waals surface area contributed by atoms with Crippen LogP contribution >= 0.6 is 0 Å². The van der Waals surface area contributed by atoms with Crippen LogP contribution < -0.4 is 0 Å². The monoisotopic (exact) mass is 337 g/mol. The second kappa shape index (κ2) is 6.01. The Labute approximate surface area is 118 Å². The topological polar surface area (TPSA) is 72.9 Å². The molecule has 2 unspecified atom stereocenters. The number of methoxy groups -OCH3 is 1. The molecule has 2 atom stereocenters. The average molecular weight is 337 g/mol. The highest BCUT2D eigenvalue weighted by atomic mass is 19.4. The molecule has 0 bridgehead atoms. The van der Waals surface area contributed by atoms with E-state index in [0.717, 1.165) is 7.11 Å². The maximum absolute atomic E-state index is 12.4. The molecule has 12 heteroatoms. The average Bonchev–Trinajstić information content (AvgIpc) is 2.78. The van der Waals surface area contributed by atoms with E-state index in [9.17, 15) is 40.7 Å². The zero-order valence-electron chi connectivity index (χ0n) is 10.8. The Balaban J connectivity index is 2.90. The Morgan fingerprint density at radius 3 is 2.00 bits per heavy atom. The third kappa shape index (κ3) is 4.01. The van der Waals surface area contributed by atoms with Crippen LogP contribution in [0, 0.1) is 0 Å². The van der Waals surface area contributed by atoms with E-state index >= 15 is 0 Å².